The van der Waals surface area contributed by atoms with Crippen LogP contribution in [-0.2, 0) is 0 Å². The van der Waals surface area contributed by atoms with Crippen molar-refractivity contribution in [1.82, 2.24) is 0 Å². The highest BCUT2D eigenvalue weighted by molar-refractivity contribution is 5.25. The lowest BCUT2D eigenvalue weighted by molar-refractivity contribution is -0.161. The molecular formula is C20H34O2. The van der Waals surface area contributed by atoms with Gasteiger partial charge in [0.25, 0.3) is 0 Å². The first kappa shape index (κ1) is 17.7. The molecule has 2 aliphatic carbocycles. The van der Waals surface area contributed by atoms with E-state index in [4.69, 9.17) is 0 Å². The second kappa shape index (κ2) is 5.49. The fourth-order valence-corrected chi connectivity index (χ4v) is 5.25. The van der Waals surface area contributed by atoms with E-state index in [1.165, 1.54) is 6.42 Å². The molecule has 2 heteroatoms. The molecule has 126 valence electrons. The largest absolute Gasteiger partial charge is 0.386 e. The highest BCUT2D eigenvalue weighted by Gasteiger charge is 2.60. The van der Waals surface area contributed by atoms with Gasteiger partial charge in [-0.05, 0) is 62.4 Å². The number of rotatable bonds is 4. The Hall–Kier alpha value is -0.600. The second-order valence-corrected chi connectivity index (χ2v) is 8.88. The van der Waals surface area contributed by atoms with E-state index in [0.29, 0.717) is 18.8 Å². The molecule has 22 heavy (non-hydrogen) atoms. The lowest BCUT2D eigenvalue weighted by Gasteiger charge is -2.61. The molecule has 2 N–H and O–H groups in total. The van der Waals surface area contributed by atoms with E-state index in [2.05, 4.69) is 33.9 Å². The fourth-order valence-electron chi connectivity index (χ4n) is 5.25. The Kier molecular flexibility index (Phi) is 4.43. The first-order valence-electron chi connectivity index (χ1n) is 8.75. The van der Waals surface area contributed by atoms with Gasteiger partial charge in [-0.15, -0.1) is 6.58 Å². The fraction of sp³-hybridized carbons (Fsp3) is 0.800. The van der Waals surface area contributed by atoms with E-state index in [1.807, 2.05) is 0 Å². The number of aliphatic hydroxyl groups is 2. The van der Waals surface area contributed by atoms with Gasteiger partial charge in [-0.3, -0.25) is 0 Å². The molecule has 2 aliphatic rings. The lowest BCUT2D eigenvalue weighted by Crippen LogP contribution is -2.60. The first-order valence-corrected chi connectivity index (χ1v) is 8.75. The van der Waals surface area contributed by atoms with Crippen LogP contribution in [0.1, 0.15) is 72.6 Å². The van der Waals surface area contributed by atoms with Crippen LogP contribution in [0, 0.1) is 16.7 Å². The summed E-state index contributed by atoms with van der Waals surface area (Å²) in [6.07, 6.45) is 8.13. The molecule has 0 radical (unpaired) electrons. The SMILES string of the molecule is C=C[C@](C)(O)CC[C@@]1(O)C(=C)CC[C@H]2C(C)(C)CCC[C@@]21C. The highest BCUT2D eigenvalue weighted by atomic mass is 16.3. The van der Waals surface area contributed by atoms with Crippen molar-refractivity contribution in [2.24, 2.45) is 16.7 Å². The molecule has 0 unspecified atom stereocenters. The molecule has 2 nitrogen and oxygen atoms in total. The zero-order chi connectivity index (χ0) is 16.8. The minimum absolute atomic E-state index is 0.138. The Morgan fingerprint density at radius 2 is 1.95 bits per heavy atom. The van der Waals surface area contributed by atoms with E-state index in [1.54, 1.807) is 13.0 Å². The van der Waals surface area contributed by atoms with Crippen LogP contribution in [0.25, 0.3) is 0 Å². The summed E-state index contributed by atoms with van der Waals surface area (Å²) in [5.41, 5.74) is -0.711. The Morgan fingerprint density at radius 3 is 2.55 bits per heavy atom. The number of hydrogen-bond acceptors (Lipinski definition) is 2. The summed E-state index contributed by atoms with van der Waals surface area (Å²) >= 11 is 0. The van der Waals surface area contributed by atoms with Crippen LogP contribution in [0.15, 0.2) is 24.8 Å². The van der Waals surface area contributed by atoms with Crippen molar-refractivity contribution in [3.8, 4) is 0 Å². The van der Waals surface area contributed by atoms with Crippen LogP contribution in [0.5, 0.6) is 0 Å². The average Bonchev–Trinajstić information content (AvgIpc) is 2.42. The maximum atomic E-state index is 11.6. The van der Waals surface area contributed by atoms with Crippen LogP contribution < -0.4 is 0 Å². The minimum atomic E-state index is -0.927. The van der Waals surface area contributed by atoms with Crippen molar-refractivity contribution >= 4 is 0 Å². The predicted molar refractivity (Wildman–Crippen MR) is 92.6 cm³/mol. The quantitative estimate of drug-likeness (QED) is 0.744. The van der Waals surface area contributed by atoms with Gasteiger partial charge in [-0.25, -0.2) is 0 Å². The van der Waals surface area contributed by atoms with Crippen molar-refractivity contribution < 1.29 is 10.2 Å². The van der Waals surface area contributed by atoms with E-state index >= 15 is 0 Å². The summed E-state index contributed by atoms with van der Waals surface area (Å²) in [6.45, 7) is 16.6. The second-order valence-electron chi connectivity index (χ2n) is 8.88. The molecule has 0 bridgehead atoms. The third-order valence-electron chi connectivity index (χ3n) is 6.93. The zero-order valence-electron chi connectivity index (χ0n) is 14.9. The van der Waals surface area contributed by atoms with Gasteiger partial charge in [0.2, 0.25) is 0 Å². The molecule has 2 fully saturated rings. The Labute approximate surface area is 136 Å². The van der Waals surface area contributed by atoms with E-state index < -0.39 is 11.2 Å². The Balaban J connectivity index is 2.34. The summed E-state index contributed by atoms with van der Waals surface area (Å²) in [4.78, 5) is 0. The first-order chi connectivity index (χ1) is 9.98. The van der Waals surface area contributed by atoms with Crippen molar-refractivity contribution in [3.05, 3.63) is 24.8 Å². The molecule has 0 spiro atoms. The zero-order valence-corrected chi connectivity index (χ0v) is 14.9. The minimum Gasteiger partial charge on any atom is -0.386 e. The Morgan fingerprint density at radius 1 is 1.32 bits per heavy atom. The lowest BCUT2D eigenvalue weighted by atomic mass is 9.45. The van der Waals surface area contributed by atoms with Crippen LogP contribution in [0.2, 0.25) is 0 Å². The number of hydrogen-bond donors (Lipinski definition) is 2. The maximum Gasteiger partial charge on any atom is 0.0911 e. The highest BCUT2D eigenvalue weighted by Crippen LogP contribution is 2.63. The molecule has 0 aromatic rings. The summed E-state index contributed by atoms with van der Waals surface area (Å²) in [5, 5.41) is 21.9. The van der Waals surface area contributed by atoms with Gasteiger partial charge in [0.15, 0.2) is 0 Å². The molecule has 0 aromatic carbocycles. The molecule has 2 saturated carbocycles. The van der Waals surface area contributed by atoms with E-state index in [0.717, 1.165) is 31.3 Å². The molecular weight excluding hydrogens is 272 g/mol. The summed E-state index contributed by atoms with van der Waals surface area (Å²) in [7, 11) is 0. The predicted octanol–water partition coefficient (Wildman–Crippen LogP) is 4.62. The van der Waals surface area contributed by atoms with Crippen molar-refractivity contribution in [2.45, 2.75) is 83.8 Å². The molecule has 0 heterocycles. The smallest absolute Gasteiger partial charge is 0.0911 e. The normalized spacial score (nSPS) is 40.6. The molecule has 0 saturated heterocycles. The molecule has 2 rings (SSSR count). The van der Waals surface area contributed by atoms with Gasteiger partial charge in [-0.1, -0.05) is 39.8 Å². The van der Waals surface area contributed by atoms with Gasteiger partial charge in [-0.2, -0.15) is 0 Å². The standard InChI is InChI=1S/C20H34O2/c1-7-18(5,21)13-14-20(22)15(2)9-10-16-17(3,4)11-8-12-19(16,20)6/h7,16,21-22H,1-2,8-14H2,3-6H3/t16-,18-,19-,20+/m0/s1. The molecule has 0 aliphatic heterocycles. The van der Waals surface area contributed by atoms with Crippen LogP contribution in [-0.4, -0.2) is 21.4 Å². The van der Waals surface area contributed by atoms with Crippen molar-refractivity contribution in [2.75, 3.05) is 0 Å². The number of fused-ring (bicyclic) bond motifs is 1. The molecule has 0 aromatic heterocycles. The molecule has 4 atom stereocenters. The summed E-state index contributed by atoms with van der Waals surface area (Å²) in [6, 6.07) is 0. The van der Waals surface area contributed by atoms with Crippen LogP contribution in [0.4, 0.5) is 0 Å². The van der Waals surface area contributed by atoms with Crippen LogP contribution in [0.3, 0.4) is 0 Å². The topological polar surface area (TPSA) is 40.5 Å². The van der Waals surface area contributed by atoms with Gasteiger partial charge in [0.05, 0.1) is 11.2 Å². The van der Waals surface area contributed by atoms with Crippen LogP contribution >= 0.6 is 0 Å². The van der Waals surface area contributed by atoms with E-state index in [9.17, 15) is 10.2 Å². The van der Waals surface area contributed by atoms with Gasteiger partial charge in [0, 0.05) is 5.41 Å². The van der Waals surface area contributed by atoms with Gasteiger partial charge in [0.1, 0.15) is 0 Å². The third kappa shape index (κ3) is 2.69. The maximum absolute atomic E-state index is 11.6. The van der Waals surface area contributed by atoms with Crippen molar-refractivity contribution in [1.29, 1.82) is 0 Å². The average molecular weight is 306 g/mol. The summed E-state index contributed by atoms with van der Waals surface area (Å²) in [5.74, 6) is 0.512. The Bertz CT molecular complexity index is 462. The third-order valence-corrected chi connectivity index (χ3v) is 6.93. The van der Waals surface area contributed by atoms with Gasteiger partial charge < -0.3 is 10.2 Å². The molecule has 0 amide bonds. The monoisotopic (exact) mass is 306 g/mol. The van der Waals surface area contributed by atoms with Crippen molar-refractivity contribution in [3.63, 3.8) is 0 Å². The van der Waals surface area contributed by atoms with Gasteiger partial charge >= 0.3 is 0 Å². The summed E-state index contributed by atoms with van der Waals surface area (Å²) < 4.78 is 0. The van der Waals surface area contributed by atoms with E-state index in [-0.39, 0.29) is 10.8 Å².